The molecule has 1 aliphatic rings. The number of rotatable bonds is 34. The first-order valence-corrected chi connectivity index (χ1v) is 21.0. The summed E-state index contributed by atoms with van der Waals surface area (Å²) in [6.45, 7) is 3.58. The molecule has 1 fully saturated rings. The number of nitrogens with one attached hydrogen (secondary N) is 1. The molecular formula is C41H79NO9. The molecule has 1 amide bonds. The average Bonchev–Trinajstić information content (AvgIpc) is 3.13. The van der Waals surface area contributed by atoms with Gasteiger partial charge in [-0.3, -0.25) is 4.79 Å². The van der Waals surface area contributed by atoms with E-state index in [-0.39, 0.29) is 6.61 Å². The van der Waals surface area contributed by atoms with Crippen LogP contribution in [0.5, 0.6) is 0 Å². The van der Waals surface area contributed by atoms with Gasteiger partial charge in [0.2, 0.25) is 5.91 Å². The second-order valence-electron chi connectivity index (χ2n) is 14.9. The summed E-state index contributed by atoms with van der Waals surface area (Å²) in [4.78, 5) is 13.0. The Bertz CT molecular complexity index is 829. The Hall–Kier alpha value is -1.11. The molecule has 1 saturated heterocycles. The standard InChI is InChI=1S/C41H79NO9/c1-3-5-7-9-11-13-15-17-18-20-22-24-26-28-30-35(45)40(49)42-33(32-50-41-39(48)38(47)37(46)36(31-43)51-41)34(44)29-27-25-23-21-19-16-14-12-10-8-6-4-2/h27,29,33-39,41,43-48H,3-26,28,30-32H2,1-2H3,(H,42,49). The normalized spacial score (nSPS) is 22.7. The predicted molar refractivity (Wildman–Crippen MR) is 204 cm³/mol. The first-order valence-electron chi connectivity index (χ1n) is 21.0. The van der Waals surface area contributed by atoms with Crippen LogP contribution in [0.3, 0.4) is 0 Å². The number of carbonyl (C=O) groups is 1. The number of ether oxygens (including phenoxy) is 2. The maximum Gasteiger partial charge on any atom is 0.249 e. The lowest BCUT2D eigenvalue weighted by molar-refractivity contribution is -0.302. The summed E-state index contributed by atoms with van der Waals surface area (Å²) in [5.74, 6) is -0.616. The van der Waals surface area contributed by atoms with Gasteiger partial charge in [-0.1, -0.05) is 174 Å². The lowest BCUT2D eigenvalue weighted by Crippen LogP contribution is -2.60. The molecule has 0 radical (unpaired) electrons. The van der Waals surface area contributed by atoms with Crippen LogP contribution in [-0.2, 0) is 14.3 Å². The van der Waals surface area contributed by atoms with E-state index in [1.165, 1.54) is 116 Å². The molecule has 1 rings (SSSR count). The van der Waals surface area contributed by atoms with Gasteiger partial charge in [-0.2, -0.15) is 0 Å². The molecule has 10 nitrogen and oxygen atoms in total. The van der Waals surface area contributed by atoms with E-state index in [2.05, 4.69) is 19.2 Å². The van der Waals surface area contributed by atoms with Gasteiger partial charge in [-0.05, 0) is 19.3 Å². The molecule has 8 unspecified atom stereocenters. The van der Waals surface area contributed by atoms with E-state index < -0.39 is 61.5 Å². The molecule has 302 valence electrons. The fourth-order valence-electron chi connectivity index (χ4n) is 6.69. The van der Waals surface area contributed by atoms with Gasteiger partial charge in [0, 0.05) is 0 Å². The van der Waals surface area contributed by atoms with Crippen molar-refractivity contribution in [3.8, 4) is 0 Å². The second-order valence-corrected chi connectivity index (χ2v) is 14.9. The van der Waals surface area contributed by atoms with Crippen LogP contribution >= 0.6 is 0 Å². The Morgan fingerprint density at radius 1 is 0.667 bits per heavy atom. The highest BCUT2D eigenvalue weighted by atomic mass is 16.7. The largest absolute Gasteiger partial charge is 0.394 e. The number of carbonyl (C=O) groups excluding carboxylic acids is 1. The highest BCUT2D eigenvalue weighted by Gasteiger charge is 2.44. The zero-order valence-corrected chi connectivity index (χ0v) is 32.5. The van der Waals surface area contributed by atoms with Crippen LogP contribution in [0, 0.1) is 0 Å². The average molecular weight is 730 g/mol. The van der Waals surface area contributed by atoms with Gasteiger partial charge < -0.3 is 45.4 Å². The van der Waals surface area contributed by atoms with Crippen molar-refractivity contribution in [1.29, 1.82) is 0 Å². The third kappa shape index (κ3) is 23.3. The highest BCUT2D eigenvalue weighted by molar-refractivity contribution is 5.80. The molecule has 10 heteroatoms. The Balaban J connectivity index is 2.47. The van der Waals surface area contributed by atoms with Crippen molar-refractivity contribution in [1.82, 2.24) is 5.32 Å². The summed E-state index contributed by atoms with van der Waals surface area (Å²) < 4.78 is 11.1. The minimum atomic E-state index is -1.60. The van der Waals surface area contributed by atoms with Crippen LogP contribution in [0.15, 0.2) is 12.2 Å². The number of aliphatic hydroxyl groups excluding tert-OH is 6. The van der Waals surface area contributed by atoms with Gasteiger partial charge >= 0.3 is 0 Å². The molecule has 1 aliphatic heterocycles. The smallest absolute Gasteiger partial charge is 0.249 e. The molecule has 0 saturated carbocycles. The molecule has 0 aromatic heterocycles. The van der Waals surface area contributed by atoms with E-state index >= 15 is 0 Å². The van der Waals surface area contributed by atoms with Crippen LogP contribution < -0.4 is 5.32 Å². The second kappa shape index (κ2) is 32.3. The van der Waals surface area contributed by atoms with Crippen LogP contribution in [0.1, 0.15) is 181 Å². The van der Waals surface area contributed by atoms with Gasteiger partial charge in [0.25, 0.3) is 0 Å². The van der Waals surface area contributed by atoms with Gasteiger partial charge in [-0.15, -0.1) is 0 Å². The van der Waals surface area contributed by atoms with Gasteiger partial charge in [0.05, 0.1) is 25.4 Å². The van der Waals surface area contributed by atoms with Gasteiger partial charge in [0.15, 0.2) is 6.29 Å². The predicted octanol–water partition coefficient (Wildman–Crippen LogP) is 6.75. The summed E-state index contributed by atoms with van der Waals surface area (Å²) in [7, 11) is 0. The fourth-order valence-corrected chi connectivity index (χ4v) is 6.69. The number of hydrogen-bond donors (Lipinski definition) is 7. The lowest BCUT2D eigenvalue weighted by atomic mass is 9.99. The number of unbranched alkanes of at least 4 members (excludes halogenated alkanes) is 23. The molecule has 0 aromatic rings. The Morgan fingerprint density at radius 3 is 1.59 bits per heavy atom. The Morgan fingerprint density at radius 2 is 1.12 bits per heavy atom. The van der Waals surface area contributed by atoms with E-state index in [1.807, 2.05) is 6.08 Å². The quantitative estimate of drug-likeness (QED) is 0.0280. The monoisotopic (exact) mass is 730 g/mol. The number of aliphatic hydroxyl groups is 6. The zero-order valence-electron chi connectivity index (χ0n) is 32.5. The van der Waals surface area contributed by atoms with Gasteiger partial charge in [0.1, 0.15) is 30.5 Å². The zero-order chi connectivity index (χ0) is 37.5. The third-order valence-electron chi connectivity index (χ3n) is 10.2. The minimum absolute atomic E-state index is 0.302. The first kappa shape index (κ1) is 47.9. The van der Waals surface area contributed by atoms with Crippen LogP contribution in [0.25, 0.3) is 0 Å². The molecule has 8 atom stereocenters. The maximum absolute atomic E-state index is 13.0. The van der Waals surface area contributed by atoms with Crippen molar-refractivity contribution < 1.29 is 44.9 Å². The molecule has 51 heavy (non-hydrogen) atoms. The first-order chi connectivity index (χ1) is 24.8. The number of amides is 1. The summed E-state index contributed by atoms with van der Waals surface area (Å²) in [6.07, 6.45) is 24.4. The van der Waals surface area contributed by atoms with Crippen molar-refractivity contribution in [2.45, 2.75) is 230 Å². The molecule has 1 heterocycles. The van der Waals surface area contributed by atoms with E-state index in [9.17, 15) is 35.4 Å². The van der Waals surface area contributed by atoms with Crippen LogP contribution in [-0.4, -0.2) is 98.7 Å². The lowest BCUT2D eigenvalue weighted by Gasteiger charge is -2.40. The molecular weight excluding hydrogens is 650 g/mol. The minimum Gasteiger partial charge on any atom is -0.394 e. The summed E-state index contributed by atoms with van der Waals surface area (Å²) in [5, 5.41) is 64.4. The summed E-state index contributed by atoms with van der Waals surface area (Å²) >= 11 is 0. The van der Waals surface area contributed by atoms with Gasteiger partial charge in [-0.25, -0.2) is 0 Å². The summed E-state index contributed by atoms with van der Waals surface area (Å²) in [5.41, 5.74) is 0. The van der Waals surface area contributed by atoms with Crippen molar-refractivity contribution in [3.63, 3.8) is 0 Å². The van der Waals surface area contributed by atoms with Crippen LogP contribution in [0.4, 0.5) is 0 Å². The molecule has 0 bridgehead atoms. The number of hydrogen-bond acceptors (Lipinski definition) is 9. The maximum atomic E-state index is 13.0. The molecule has 0 spiro atoms. The highest BCUT2D eigenvalue weighted by Crippen LogP contribution is 2.22. The van der Waals surface area contributed by atoms with E-state index in [0.717, 1.165) is 44.9 Å². The van der Waals surface area contributed by atoms with E-state index in [4.69, 9.17) is 9.47 Å². The van der Waals surface area contributed by atoms with Crippen molar-refractivity contribution in [3.05, 3.63) is 12.2 Å². The van der Waals surface area contributed by atoms with E-state index in [1.54, 1.807) is 6.08 Å². The molecule has 0 aliphatic carbocycles. The Labute approximate surface area is 310 Å². The van der Waals surface area contributed by atoms with Crippen molar-refractivity contribution >= 4 is 5.91 Å². The van der Waals surface area contributed by atoms with E-state index in [0.29, 0.717) is 6.42 Å². The molecule has 7 N–H and O–H groups in total. The van der Waals surface area contributed by atoms with Crippen molar-refractivity contribution in [2.75, 3.05) is 13.2 Å². The summed E-state index contributed by atoms with van der Waals surface area (Å²) in [6, 6.07) is -0.972. The van der Waals surface area contributed by atoms with Crippen LogP contribution in [0.2, 0.25) is 0 Å². The third-order valence-corrected chi connectivity index (χ3v) is 10.2. The number of allylic oxidation sites excluding steroid dienone is 1. The van der Waals surface area contributed by atoms with Crippen molar-refractivity contribution in [2.24, 2.45) is 0 Å². The molecule has 0 aromatic carbocycles. The SMILES string of the molecule is CCCCCCCCCCCCC=CC(O)C(COC1OC(CO)C(O)C(O)C1O)NC(=O)C(O)CCCCCCCCCCCCCCCC. The Kier molecular flexibility index (Phi) is 30.4. The topological polar surface area (TPSA) is 169 Å². The fraction of sp³-hybridized carbons (Fsp3) is 0.927.